The highest BCUT2D eigenvalue weighted by molar-refractivity contribution is 5.91. The molecule has 0 spiro atoms. The third kappa shape index (κ3) is 1.88. The molecular formula is C13H15N3O2. The number of pyridine rings is 1. The molecule has 2 rings (SSSR count). The Hall–Kier alpha value is -2.17. The van der Waals surface area contributed by atoms with E-state index in [0.717, 1.165) is 23.4 Å². The van der Waals surface area contributed by atoms with Gasteiger partial charge in [0.15, 0.2) is 0 Å². The molecule has 0 atom stereocenters. The summed E-state index contributed by atoms with van der Waals surface area (Å²) in [5.41, 5.74) is 3.78. The lowest BCUT2D eigenvalue weighted by molar-refractivity contribution is 0.0696. The van der Waals surface area contributed by atoms with Crippen LogP contribution in [0.2, 0.25) is 0 Å². The van der Waals surface area contributed by atoms with Crippen LogP contribution in [-0.2, 0) is 6.42 Å². The number of nitrogens with zero attached hydrogens (tertiary/aromatic N) is 3. The van der Waals surface area contributed by atoms with Gasteiger partial charge in [0.25, 0.3) is 0 Å². The number of aromatic carboxylic acids is 1. The van der Waals surface area contributed by atoms with Crippen LogP contribution in [0.1, 0.15) is 34.2 Å². The Kier molecular flexibility index (Phi) is 3.14. The van der Waals surface area contributed by atoms with Gasteiger partial charge in [-0.1, -0.05) is 6.92 Å². The molecule has 0 aliphatic heterocycles. The summed E-state index contributed by atoms with van der Waals surface area (Å²) in [4.78, 5) is 15.0. The minimum atomic E-state index is -0.997. The first kappa shape index (κ1) is 12.3. The fourth-order valence-electron chi connectivity index (χ4n) is 2.16. The highest BCUT2D eigenvalue weighted by atomic mass is 16.4. The SMILES string of the molecule is CCc1c(C)nn(-c2ccncc2C(=O)O)c1C. The molecule has 1 N–H and O–H groups in total. The minimum Gasteiger partial charge on any atom is -0.478 e. The third-order valence-corrected chi connectivity index (χ3v) is 3.05. The molecule has 0 aliphatic rings. The van der Waals surface area contributed by atoms with Crippen LogP contribution >= 0.6 is 0 Å². The molecule has 2 aromatic rings. The van der Waals surface area contributed by atoms with Crippen molar-refractivity contribution in [1.82, 2.24) is 14.8 Å². The van der Waals surface area contributed by atoms with E-state index in [4.69, 9.17) is 0 Å². The molecule has 5 nitrogen and oxygen atoms in total. The van der Waals surface area contributed by atoms with Crippen LogP contribution in [0.25, 0.3) is 5.69 Å². The van der Waals surface area contributed by atoms with Crippen molar-refractivity contribution in [3.05, 3.63) is 41.0 Å². The summed E-state index contributed by atoms with van der Waals surface area (Å²) in [7, 11) is 0. The van der Waals surface area contributed by atoms with Gasteiger partial charge in [0.05, 0.1) is 11.4 Å². The van der Waals surface area contributed by atoms with E-state index in [1.54, 1.807) is 16.9 Å². The number of hydrogen-bond donors (Lipinski definition) is 1. The lowest BCUT2D eigenvalue weighted by Crippen LogP contribution is -2.08. The molecule has 18 heavy (non-hydrogen) atoms. The van der Waals surface area contributed by atoms with Crippen molar-refractivity contribution in [3.63, 3.8) is 0 Å². The van der Waals surface area contributed by atoms with Gasteiger partial charge in [-0.15, -0.1) is 0 Å². The average molecular weight is 245 g/mol. The highest BCUT2D eigenvalue weighted by Crippen LogP contribution is 2.20. The Balaban J connectivity index is 2.66. The van der Waals surface area contributed by atoms with Crippen LogP contribution in [-0.4, -0.2) is 25.8 Å². The number of aryl methyl sites for hydroxylation is 1. The zero-order chi connectivity index (χ0) is 13.3. The molecule has 5 heteroatoms. The predicted octanol–water partition coefficient (Wildman–Crippen LogP) is 2.14. The maximum atomic E-state index is 11.2. The number of carboxylic acids is 1. The van der Waals surface area contributed by atoms with Crippen LogP contribution in [0.3, 0.4) is 0 Å². The van der Waals surface area contributed by atoms with Gasteiger partial charge in [-0.2, -0.15) is 5.10 Å². The fraction of sp³-hybridized carbons (Fsp3) is 0.308. The third-order valence-electron chi connectivity index (χ3n) is 3.05. The Morgan fingerprint density at radius 2 is 2.17 bits per heavy atom. The smallest absolute Gasteiger partial charge is 0.339 e. The van der Waals surface area contributed by atoms with E-state index in [9.17, 15) is 9.90 Å². The van der Waals surface area contributed by atoms with Crippen LogP contribution < -0.4 is 0 Å². The number of carbonyl (C=O) groups is 1. The van der Waals surface area contributed by atoms with Crippen LogP contribution in [0.4, 0.5) is 0 Å². The van der Waals surface area contributed by atoms with Gasteiger partial charge in [-0.25, -0.2) is 9.48 Å². The predicted molar refractivity (Wildman–Crippen MR) is 67.2 cm³/mol. The summed E-state index contributed by atoms with van der Waals surface area (Å²) in [6.07, 6.45) is 3.80. The van der Waals surface area contributed by atoms with Crippen LogP contribution in [0, 0.1) is 13.8 Å². The summed E-state index contributed by atoms with van der Waals surface area (Å²) in [6, 6.07) is 1.67. The molecule has 0 amide bonds. The standard InChI is InChI=1S/C13H15N3O2/c1-4-10-8(2)15-16(9(10)3)12-5-6-14-7-11(12)13(17)18/h5-7H,4H2,1-3H3,(H,17,18). The molecule has 0 radical (unpaired) electrons. The van der Waals surface area contributed by atoms with E-state index < -0.39 is 5.97 Å². The van der Waals surface area contributed by atoms with Gasteiger partial charge in [0.2, 0.25) is 0 Å². The molecule has 0 bridgehead atoms. The summed E-state index contributed by atoms with van der Waals surface area (Å²) >= 11 is 0. The number of carboxylic acid groups (broad SMARTS) is 1. The zero-order valence-corrected chi connectivity index (χ0v) is 10.6. The lowest BCUT2D eigenvalue weighted by atomic mass is 10.1. The molecule has 0 saturated carbocycles. The lowest BCUT2D eigenvalue weighted by Gasteiger charge is -2.07. The maximum Gasteiger partial charge on any atom is 0.339 e. The summed E-state index contributed by atoms with van der Waals surface area (Å²) < 4.78 is 1.68. The first-order valence-electron chi connectivity index (χ1n) is 5.79. The van der Waals surface area contributed by atoms with Crippen LogP contribution in [0.5, 0.6) is 0 Å². The van der Waals surface area contributed by atoms with Gasteiger partial charge < -0.3 is 5.11 Å². The molecule has 0 fully saturated rings. The number of aromatic nitrogens is 3. The molecule has 0 unspecified atom stereocenters. The second-order valence-corrected chi connectivity index (χ2v) is 4.11. The molecule has 2 heterocycles. The van der Waals surface area contributed by atoms with E-state index in [2.05, 4.69) is 17.0 Å². The Morgan fingerprint density at radius 3 is 2.72 bits per heavy atom. The highest BCUT2D eigenvalue weighted by Gasteiger charge is 2.16. The van der Waals surface area contributed by atoms with Crippen molar-refractivity contribution < 1.29 is 9.90 Å². The summed E-state index contributed by atoms with van der Waals surface area (Å²) in [5.74, 6) is -0.997. The molecule has 2 aromatic heterocycles. The second kappa shape index (κ2) is 4.60. The summed E-state index contributed by atoms with van der Waals surface area (Å²) in [6.45, 7) is 5.95. The van der Waals surface area contributed by atoms with Gasteiger partial charge >= 0.3 is 5.97 Å². The van der Waals surface area contributed by atoms with Crippen molar-refractivity contribution in [2.75, 3.05) is 0 Å². The second-order valence-electron chi connectivity index (χ2n) is 4.11. The van der Waals surface area contributed by atoms with Gasteiger partial charge in [0, 0.05) is 18.1 Å². The number of rotatable bonds is 3. The Labute approximate surface area is 105 Å². The first-order chi connectivity index (χ1) is 8.56. The van der Waals surface area contributed by atoms with Gasteiger partial charge in [-0.3, -0.25) is 4.98 Å². The average Bonchev–Trinajstić information content (AvgIpc) is 2.64. The van der Waals surface area contributed by atoms with Crippen molar-refractivity contribution in [2.24, 2.45) is 0 Å². The van der Waals surface area contributed by atoms with E-state index in [0.29, 0.717) is 5.69 Å². The fourth-order valence-corrected chi connectivity index (χ4v) is 2.16. The molecule has 0 saturated heterocycles. The van der Waals surface area contributed by atoms with Crippen molar-refractivity contribution in [3.8, 4) is 5.69 Å². The van der Waals surface area contributed by atoms with Crippen LogP contribution in [0.15, 0.2) is 18.5 Å². The van der Waals surface area contributed by atoms with Crippen molar-refractivity contribution in [2.45, 2.75) is 27.2 Å². The first-order valence-corrected chi connectivity index (χ1v) is 5.79. The van der Waals surface area contributed by atoms with E-state index in [1.165, 1.54) is 6.20 Å². The van der Waals surface area contributed by atoms with Gasteiger partial charge in [0.1, 0.15) is 5.56 Å². The monoisotopic (exact) mass is 245 g/mol. The molecular weight excluding hydrogens is 230 g/mol. The van der Waals surface area contributed by atoms with E-state index in [1.807, 2.05) is 13.8 Å². The minimum absolute atomic E-state index is 0.158. The van der Waals surface area contributed by atoms with Gasteiger partial charge in [-0.05, 0) is 31.9 Å². The van der Waals surface area contributed by atoms with E-state index in [-0.39, 0.29) is 5.56 Å². The molecule has 0 aromatic carbocycles. The Morgan fingerprint density at radius 1 is 1.44 bits per heavy atom. The molecule has 94 valence electrons. The largest absolute Gasteiger partial charge is 0.478 e. The quantitative estimate of drug-likeness (QED) is 0.899. The normalized spacial score (nSPS) is 10.6. The Bertz CT molecular complexity index is 602. The maximum absolute atomic E-state index is 11.2. The van der Waals surface area contributed by atoms with Crippen molar-refractivity contribution in [1.29, 1.82) is 0 Å². The summed E-state index contributed by atoms with van der Waals surface area (Å²) in [5, 5.41) is 13.6. The number of hydrogen-bond acceptors (Lipinski definition) is 3. The molecule has 0 aliphatic carbocycles. The topological polar surface area (TPSA) is 68.0 Å². The van der Waals surface area contributed by atoms with E-state index >= 15 is 0 Å². The zero-order valence-electron chi connectivity index (χ0n) is 10.6. The van der Waals surface area contributed by atoms with Crippen molar-refractivity contribution >= 4 is 5.97 Å².